The molecular formula is C16H24N2O2S. The molecule has 1 unspecified atom stereocenters. The van der Waals surface area contributed by atoms with E-state index in [1.165, 1.54) is 0 Å². The van der Waals surface area contributed by atoms with Gasteiger partial charge in [0.1, 0.15) is 10.7 Å². The molecule has 0 saturated carbocycles. The lowest BCUT2D eigenvalue weighted by Gasteiger charge is -2.22. The van der Waals surface area contributed by atoms with Crippen molar-refractivity contribution in [2.75, 3.05) is 6.61 Å². The highest BCUT2D eigenvalue weighted by Gasteiger charge is 2.16. The quantitative estimate of drug-likeness (QED) is 0.725. The van der Waals surface area contributed by atoms with Crippen molar-refractivity contribution in [3.8, 4) is 5.75 Å². The Labute approximate surface area is 132 Å². The van der Waals surface area contributed by atoms with Crippen LogP contribution in [-0.2, 0) is 4.79 Å². The van der Waals surface area contributed by atoms with E-state index in [4.69, 9.17) is 22.7 Å². The molecule has 3 N–H and O–H groups in total. The second-order valence-electron chi connectivity index (χ2n) is 5.08. The predicted molar refractivity (Wildman–Crippen MR) is 89.5 cm³/mol. The fourth-order valence-electron chi connectivity index (χ4n) is 2.35. The Balaban J connectivity index is 2.56. The van der Waals surface area contributed by atoms with E-state index in [1.54, 1.807) is 12.1 Å². The molecule has 1 atom stereocenters. The minimum absolute atomic E-state index is 0.0376. The number of carbonyl (C=O) groups is 1. The third-order valence-electron chi connectivity index (χ3n) is 3.66. The number of rotatable bonds is 8. The molecule has 0 aliphatic carbocycles. The summed E-state index contributed by atoms with van der Waals surface area (Å²) in [6.07, 6.45) is 2.09. The van der Waals surface area contributed by atoms with Crippen LogP contribution in [0, 0.1) is 5.92 Å². The molecule has 0 radical (unpaired) electrons. The van der Waals surface area contributed by atoms with E-state index in [0.29, 0.717) is 17.2 Å². The van der Waals surface area contributed by atoms with Crippen molar-refractivity contribution < 1.29 is 9.53 Å². The van der Waals surface area contributed by atoms with Crippen molar-refractivity contribution in [3.63, 3.8) is 0 Å². The molecule has 0 fully saturated rings. The minimum atomic E-state index is -0.132. The highest BCUT2D eigenvalue weighted by atomic mass is 32.1. The van der Waals surface area contributed by atoms with Gasteiger partial charge in [-0.05, 0) is 25.0 Å². The first-order chi connectivity index (χ1) is 9.99. The lowest BCUT2D eigenvalue weighted by molar-refractivity contribution is -0.124. The number of benzene rings is 1. The molecular weight excluding hydrogens is 284 g/mol. The maximum atomic E-state index is 11.9. The molecule has 1 aromatic carbocycles. The van der Waals surface area contributed by atoms with Gasteiger partial charge in [0.15, 0.2) is 6.61 Å². The summed E-state index contributed by atoms with van der Waals surface area (Å²) in [6, 6.07) is 7.33. The van der Waals surface area contributed by atoms with Crippen LogP contribution in [0.5, 0.6) is 5.75 Å². The van der Waals surface area contributed by atoms with E-state index < -0.39 is 0 Å². The number of amides is 1. The van der Waals surface area contributed by atoms with Crippen LogP contribution in [0.1, 0.15) is 39.2 Å². The third-order valence-corrected chi connectivity index (χ3v) is 3.88. The zero-order valence-corrected chi connectivity index (χ0v) is 13.7. The van der Waals surface area contributed by atoms with Crippen LogP contribution < -0.4 is 15.8 Å². The van der Waals surface area contributed by atoms with Gasteiger partial charge in [0.25, 0.3) is 5.91 Å². The van der Waals surface area contributed by atoms with Gasteiger partial charge in [-0.1, -0.05) is 51.0 Å². The molecule has 5 heteroatoms. The Morgan fingerprint density at radius 3 is 2.52 bits per heavy atom. The minimum Gasteiger partial charge on any atom is -0.483 e. The van der Waals surface area contributed by atoms with Crippen molar-refractivity contribution in [1.82, 2.24) is 5.32 Å². The van der Waals surface area contributed by atoms with Crippen LogP contribution in [-0.4, -0.2) is 23.5 Å². The molecule has 116 valence electrons. The summed E-state index contributed by atoms with van der Waals surface area (Å²) in [5, 5.41) is 2.97. The zero-order valence-electron chi connectivity index (χ0n) is 12.9. The van der Waals surface area contributed by atoms with Gasteiger partial charge in [-0.25, -0.2) is 0 Å². The maximum Gasteiger partial charge on any atom is 0.258 e. The van der Waals surface area contributed by atoms with Crippen LogP contribution in [0.3, 0.4) is 0 Å². The summed E-state index contributed by atoms with van der Waals surface area (Å²) >= 11 is 4.96. The van der Waals surface area contributed by atoms with Crippen molar-refractivity contribution >= 4 is 23.1 Å². The summed E-state index contributed by atoms with van der Waals surface area (Å²) < 4.78 is 5.53. The Kier molecular flexibility index (Phi) is 7.15. The summed E-state index contributed by atoms with van der Waals surface area (Å²) in [5.74, 6) is 0.889. The first-order valence-corrected chi connectivity index (χ1v) is 7.71. The molecule has 0 spiro atoms. The van der Waals surface area contributed by atoms with Crippen molar-refractivity contribution in [2.45, 2.75) is 39.7 Å². The first kappa shape index (κ1) is 17.4. The molecule has 1 rings (SSSR count). The average molecular weight is 308 g/mol. The maximum absolute atomic E-state index is 11.9. The summed E-state index contributed by atoms with van der Waals surface area (Å²) in [7, 11) is 0. The molecule has 21 heavy (non-hydrogen) atoms. The largest absolute Gasteiger partial charge is 0.483 e. The average Bonchev–Trinajstić information content (AvgIpc) is 2.46. The highest BCUT2D eigenvalue weighted by molar-refractivity contribution is 7.80. The number of ether oxygens (including phenoxy) is 1. The normalized spacial score (nSPS) is 12.0. The topological polar surface area (TPSA) is 64.3 Å². The van der Waals surface area contributed by atoms with E-state index in [9.17, 15) is 4.79 Å². The molecule has 1 aromatic rings. The molecule has 0 saturated heterocycles. The van der Waals surface area contributed by atoms with Crippen LogP contribution >= 0.6 is 12.2 Å². The number of carbonyl (C=O) groups excluding carboxylic acids is 1. The molecule has 0 heterocycles. The lowest BCUT2D eigenvalue weighted by atomic mass is 9.95. The Bertz CT molecular complexity index is 487. The molecule has 4 nitrogen and oxygen atoms in total. The summed E-state index contributed by atoms with van der Waals surface area (Å²) in [6.45, 7) is 6.25. The van der Waals surface area contributed by atoms with Crippen LogP contribution in [0.15, 0.2) is 24.3 Å². The van der Waals surface area contributed by atoms with Crippen LogP contribution in [0.25, 0.3) is 0 Å². The van der Waals surface area contributed by atoms with Gasteiger partial charge in [-0.15, -0.1) is 0 Å². The van der Waals surface area contributed by atoms with Crippen LogP contribution in [0.4, 0.5) is 0 Å². The van der Waals surface area contributed by atoms with E-state index in [0.717, 1.165) is 12.8 Å². The molecule has 1 amide bonds. The van der Waals surface area contributed by atoms with E-state index in [-0.39, 0.29) is 23.5 Å². The molecule has 0 bridgehead atoms. The number of hydrogen-bond acceptors (Lipinski definition) is 3. The molecule has 0 aliphatic rings. The Hall–Kier alpha value is -1.62. The fraction of sp³-hybridized carbons (Fsp3) is 0.500. The van der Waals surface area contributed by atoms with E-state index in [2.05, 4.69) is 19.2 Å². The first-order valence-electron chi connectivity index (χ1n) is 7.30. The lowest BCUT2D eigenvalue weighted by Crippen LogP contribution is -2.40. The zero-order chi connectivity index (χ0) is 15.8. The number of para-hydroxylation sites is 1. The molecule has 0 aliphatic heterocycles. The molecule has 0 aromatic heterocycles. The second-order valence-corrected chi connectivity index (χ2v) is 5.52. The number of thiocarbonyl (C=S) groups is 1. The highest BCUT2D eigenvalue weighted by Crippen LogP contribution is 2.17. The van der Waals surface area contributed by atoms with Gasteiger partial charge >= 0.3 is 0 Å². The number of hydrogen-bond donors (Lipinski definition) is 2. The SMILES string of the molecule is CCC(CC)C(C)NC(=O)COc1ccccc1C(N)=S. The Morgan fingerprint density at radius 1 is 1.33 bits per heavy atom. The van der Waals surface area contributed by atoms with Crippen molar-refractivity contribution in [1.29, 1.82) is 0 Å². The van der Waals surface area contributed by atoms with Crippen molar-refractivity contribution in [3.05, 3.63) is 29.8 Å². The number of nitrogens with one attached hydrogen (secondary N) is 1. The van der Waals surface area contributed by atoms with Crippen LogP contribution in [0.2, 0.25) is 0 Å². The van der Waals surface area contributed by atoms with Gasteiger partial charge in [-0.2, -0.15) is 0 Å². The van der Waals surface area contributed by atoms with Gasteiger partial charge in [0, 0.05) is 6.04 Å². The van der Waals surface area contributed by atoms with Gasteiger partial charge in [-0.3, -0.25) is 4.79 Å². The van der Waals surface area contributed by atoms with E-state index in [1.807, 2.05) is 19.1 Å². The van der Waals surface area contributed by atoms with Gasteiger partial charge in [0.05, 0.1) is 5.56 Å². The van der Waals surface area contributed by atoms with Gasteiger partial charge < -0.3 is 15.8 Å². The Morgan fingerprint density at radius 2 is 1.95 bits per heavy atom. The predicted octanol–water partition coefficient (Wildman–Crippen LogP) is 2.64. The summed E-state index contributed by atoms with van der Waals surface area (Å²) in [5.41, 5.74) is 6.27. The third kappa shape index (κ3) is 5.34. The summed E-state index contributed by atoms with van der Waals surface area (Å²) in [4.78, 5) is 12.2. The smallest absolute Gasteiger partial charge is 0.258 e. The van der Waals surface area contributed by atoms with E-state index >= 15 is 0 Å². The second kappa shape index (κ2) is 8.62. The number of nitrogens with two attached hydrogens (primary N) is 1. The monoisotopic (exact) mass is 308 g/mol. The standard InChI is InChI=1S/C16H24N2O2S/c1-4-12(5-2)11(3)18-15(19)10-20-14-9-7-6-8-13(14)16(17)21/h6-9,11-12H,4-5,10H2,1-3H3,(H2,17,21)(H,18,19). The van der Waals surface area contributed by atoms with Gasteiger partial charge in [0.2, 0.25) is 0 Å². The fourth-order valence-corrected chi connectivity index (χ4v) is 2.52. The van der Waals surface area contributed by atoms with Crippen molar-refractivity contribution in [2.24, 2.45) is 11.7 Å².